The third-order valence-corrected chi connectivity index (χ3v) is 4.13. The van der Waals surface area contributed by atoms with Crippen LogP contribution in [0, 0.1) is 6.92 Å². The third-order valence-electron chi connectivity index (χ3n) is 4.13. The van der Waals surface area contributed by atoms with Gasteiger partial charge in [-0.2, -0.15) is 0 Å². The van der Waals surface area contributed by atoms with E-state index in [1.807, 2.05) is 25.1 Å². The zero-order chi connectivity index (χ0) is 18.0. The lowest BCUT2D eigenvalue weighted by Crippen LogP contribution is -2.28. The summed E-state index contributed by atoms with van der Waals surface area (Å²) in [5, 5.41) is 3.39. The van der Waals surface area contributed by atoms with Crippen molar-refractivity contribution in [1.82, 2.24) is 14.5 Å². The summed E-state index contributed by atoms with van der Waals surface area (Å²) >= 11 is 0. The number of anilines is 1. The van der Waals surface area contributed by atoms with Gasteiger partial charge in [0.15, 0.2) is 0 Å². The molecule has 25 heavy (non-hydrogen) atoms. The Hall–Kier alpha value is -3.02. The van der Waals surface area contributed by atoms with Crippen molar-refractivity contribution < 1.29 is 4.79 Å². The lowest BCUT2D eigenvalue weighted by molar-refractivity contribution is -0.116. The van der Waals surface area contributed by atoms with Gasteiger partial charge >= 0.3 is 0 Å². The fourth-order valence-electron chi connectivity index (χ4n) is 2.80. The Balaban J connectivity index is 1.87. The highest BCUT2D eigenvalue weighted by molar-refractivity contribution is 5.92. The molecule has 0 bridgehead atoms. The Bertz CT molecular complexity index is 992. The number of hydrogen-bond donors (Lipinski definition) is 1. The molecule has 0 spiro atoms. The van der Waals surface area contributed by atoms with Crippen LogP contribution in [0.15, 0.2) is 47.8 Å². The van der Waals surface area contributed by atoms with E-state index in [-0.39, 0.29) is 23.9 Å². The molecule has 6 nitrogen and oxygen atoms in total. The summed E-state index contributed by atoms with van der Waals surface area (Å²) in [4.78, 5) is 33.1. The number of carbonyl (C=O) groups excluding carboxylic acids is 1. The van der Waals surface area contributed by atoms with Crippen LogP contribution in [-0.2, 0) is 11.3 Å². The molecule has 6 heteroatoms. The standard InChI is InChI=1S/C19H20N4O2/c1-12(2)14-6-4-5-13(3)18(14)22-17(24)10-23-11-21-16-9-20-8-7-15(16)19(23)25/h4-9,11-12H,10H2,1-3H3,(H,22,24). The molecule has 3 aromatic rings. The van der Waals surface area contributed by atoms with Crippen molar-refractivity contribution in [3.8, 4) is 0 Å². The first-order valence-corrected chi connectivity index (χ1v) is 8.16. The summed E-state index contributed by atoms with van der Waals surface area (Å²) in [6.07, 6.45) is 4.45. The predicted octanol–water partition coefficient (Wildman–Crippen LogP) is 2.86. The molecule has 0 aliphatic rings. The molecule has 0 atom stereocenters. The van der Waals surface area contributed by atoms with E-state index in [4.69, 9.17) is 0 Å². The van der Waals surface area contributed by atoms with Crippen molar-refractivity contribution in [3.63, 3.8) is 0 Å². The number of amides is 1. The molecule has 1 amide bonds. The number of fused-ring (bicyclic) bond motifs is 1. The first kappa shape index (κ1) is 16.8. The van der Waals surface area contributed by atoms with E-state index in [9.17, 15) is 9.59 Å². The molecular formula is C19H20N4O2. The predicted molar refractivity (Wildman–Crippen MR) is 97.7 cm³/mol. The third kappa shape index (κ3) is 3.42. The molecule has 0 radical (unpaired) electrons. The van der Waals surface area contributed by atoms with E-state index in [1.165, 1.54) is 23.3 Å². The molecule has 1 N–H and O–H groups in total. The fourth-order valence-corrected chi connectivity index (χ4v) is 2.80. The first-order valence-electron chi connectivity index (χ1n) is 8.16. The zero-order valence-electron chi connectivity index (χ0n) is 14.5. The van der Waals surface area contributed by atoms with Crippen molar-refractivity contribution in [2.24, 2.45) is 0 Å². The monoisotopic (exact) mass is 336 g/mol. The van der Waals surface area contributed by atoms with Gasteiger partial charge in [-0.1, -0.05) is 32.0 Å². The van der Waals surface area contributed by atoms with E-state index < -0.39 is 0 Å². The van der Waals surface area contributed by atoms with Gasteiger partial charge in [0.1, 0.15) is 6.54 Å². The van der Waals surface area contributed by atoms with Gasteiger partial charge in [-0.25, -0.2) is 4.98 Å². The molecule has 1 aromatic carbocycles. The Kier molecular flexibility index (Phi) is 4.61. The molecule has 0 fully saturated rings. The number of aromatic nitrogens is 3. The van der Waals surface area contributed by atoms with Crippen molar-refractivity contribution in [3.05, 3.63) is 64.5 Å². The van der Waals surface area contributed by atoms with E-state index in [0.717, 1.165) is 16.8 Å². The van der Waals surface area contributed by atoms with E-state index in [0.29, 0.717) is 10.9 Å². The van der Waals surface area contributed by atoms with Crippen LogP contribution in [0.5, 0.6) is 0 Å². The second kappa shape index (κ2) is 6.84. The number of benzene rings is 1. The Labute approximate surface area is 145 Å². The summed E-state index contributed by atoms with van der Waals surface area (Å²) in [6.45, 7) is 6.03. The van der Waals surface area contributed by atoms with Crippen molar-refractivity contribution >= 4 is 22.5 Å². The highest BCUT2D eigenvalue weighted by atomic mass is 16.2. The van der Waals surface area contributed by atoms with E-state index >= 15 is 0 Å². The first-order chi connectivity index (χ1) is 12.0. The van der Waals surface area contributed by atoms with E-state index in [1.54, 1.807) is 6.07 Å². The number of hydrogen-bond acceptors (Lipinski definition) is 4. The molecule has 3 rings (SSSR count). The second-order valence-corrected chi connectivity index (χ2v) is 6.31. The van der Waals surface area contributed by atoms with Crippen LogP contribution in [0.2, 0.25) is 0 Å². The maximum Gasteiger partial charge on any atom is 0.261 e. The van der Waals surface area contributed by atoms with Crippen LogP contribution in [-0.4, -0.2) is 20.4 Å². The number of pyridine rings is 1. The highest BCUT2D eigenvalue weighted by Crippen LogP contribution is 2.27. The van der Waals surface area contributed by atoms with Crippen molar-refractivity contribution in [2.45, 2.75) is 33.2 Å². The summed E-state index contributed by atoms with van der Waals surface area (Å²) in [5.74, 6) is 0.0289. The molecule has 0 aliphatic carbocycles. The van der Waals surface area contributed by atoms with Crippen LogP contribution in [0.4, 0.5) is 5.69 Å². The van der Waals surface area contributed by atoms with Gasteiger partial charge < -0.3 is 5.32 Å². The highest BCUT2D eigenvalue weighted by Gasteiger charge is 2.13. The summed E-state index contributed by atoms with van der Waals surface area (Å²) in [5.41, 5.74) is 3.15. The number of rotatable bonds is 4. The van der Waals surface area contributed by atoms with Gasteiger partial charge in [0.2, 0.25) is 5.91 Å². The second-order valence-electron chi connectivity index (χ2n) is 6.31. The minimum atomic E-state index is -0.256. The van der Waals surface area contributed by atoms with Crippen molar-refractivity contribution in [2.75, 3.05) is 5.32 Å². The Morgan fingerprint density at radius 3 is 2.84 bits per heavy atom. The summed E-state index contributed by atoms with van der Waals surface area (Å²) < 4.78 is 1.31. The van der Waals surface area contributed by atoms with Crippen LogP contribution < -0.4 is 10.9 Å². The van der Waals surface area contributed by atoms with Gasteiger partial charge in [-0.3, -0.25) is 19.1 Å². The van der Waals surface area contributed by atoms with Gasteiger partial charge in [0.05, 0.1) is 23.4 Å². The smallest absolute Gasteiger partial charge is 0.261 e. The average molecular weight is 336 g/mol. The summed E-state index contributed by atoms with van der Waals surface area (Å²) in [7, 11) is 0. The topological polar surface area (TPSA) is 76.9 Å². The quantitative estimate of drug-likeness (QED) is 0.795. The Morgan fingerprint density at radius 2 is 2.08 bits per heavy atom. The lowest BCUT2D eigenvalue weighted by Gasteiger charge is -2.16. The lowest BCUT2D eigenvalue weighted by atomic mass is 9.98. The van der Waals surface area contributed by atoms with Crippen molar-refractivity contribution in [1.29, 1.82) is 0 Å². The zero-order valence-corrected chi connectivity index (χ0v) is 14.5. The largest absolute Gasteiger partial charge is 0.324 e. The summed E-state index contributed by atoms with van der Waals surface area (Å²) in [6, 6.07) is 7.55. The minimum Gasteiger partial charge on any atom is -0.324 e. The fraction of sp³-hybridized carbons (Fsp3) is 0.263. The minimum absolute atomic E-state index is 0.0873. The van der Waals surface area contributed by atoms with Gasteiger partial charge in [0, 0.05) is 11.9 Å². The number of nitrogens with one attached hydrogen (secondary N) is 1. The molecule has 0 unspecified atom stereocenters. The number of para-hydroxylation sites is 1. The van der Waals surface area contributed by atoms with Crippen LogP contribution in [0.3, 0.4) is 0 Å². The molecular weight excluding hydrogens is 316 g/mol. The average Bonchev–Trinajstić information content (AvgIpc) is 2.59. The van der Waals surface area contributed by atoms with Gasteiger partial charge in [-0.15, -0.1) is 0 Å². The molecule has 128 valence electrons. The molecule has 2 aromatic heterocycles. The molecule has 0 aliphatic heterocycles. The Morgan fingerprint density at radius 1 is 1.28 bits per heavy atom. The number of aryl methyl sites for hydroxylation is 1. The number of carbonyl (C=O) groups is 1. The van der Waals surface area contributed by atoms with Gasteiger partial charge in [-0.05, 0) is 30.0 Å². The van der Waals surface area contributed by atoms with Crippen LogP contribution in [0.1, 0.15) is 30.9 Å². The SMILES string of the molecule is Cc1cccc(C(C)C)c1NC(=O)Cn1cnc2cnccc2c1=O. The maximum absolute atomic E-state index is 12.5. The maximum atomic E-state index is 12.5. The number of nitrogens with zero attached hydrogens (tertiary/aromatic N) is 3. The molecule has 2 heterocycles. The molecule has 0 saturated heterocycles. The molecule has 0 saturated carbocycles. The van der Waals surface area contributed by atoms with Gasteiger partial charge in [0.25, 0.3) is 5.56 Å². The van der Waals surface area contributed by atoms with E-state index in [2.05, 4.69) is 29.1 Å². The van der Waals surface area contributed by atoms with Crippen LogP contribution >= 0.6 is 0 Å². The normalized spacial score (nSPS) is 11.0. The van der Waals surface area contributed by atoms with Crippen LogP contribution in [0.25, 0.3) is 10.9 Å².